The second-order valence-corrected chi connectivity index (χ2v) is 4.53. The monoisotopic (exact) mass is 266 g/mol. The van der Waals surface area contributed by atoms with Crippen LogP contribution in [0.1, 0.15) is 11.4 Å². The average Bonchev–Trinajstić information content (AvgIpc) is 2.45. The van der Waals surface area contributed by atoms with Gasteiger partial charge in [0.1, 0.15) is 18.1 Å². The molecular weight excluding hydrogens is 252 g/mol. The lowest BCUT2D eigenvalue weighted by molar-refractivity contribution is 0.298. The van der Waals surface area contributed by atoms with Gasteiger partial charge in [-0.25, -0.2) is 9.97 Å². The summed E-state index contributed by atoms with van der Waals surface area (Å²) < 4.78 is 5.64. The van der Waals surface area contributed by atoms with Crippen molar-refractivity contribution in [2.75, 3.05) is 0 Å². The molecule has 0 aliphatic heterocycles. The molecule has 2 aromatic carbocycles. The number of phenols is 1. The second kappa shape index (κ2) is 5.17. The zero-order valence-corrected chi connectivity index (χ0v) is 11.1. The molecule has 0 unspecified atom stereocenters. The fourth-order valence-corrected chi connectivity index (χ4v) is 1.99. The Morgan fingerprint density at radius 2 is 1.75 bits per heavy atom. The number of aromatic hydroxyl groups is 1. The zero-order chi connectivity index (χ0) is 13.9. The summed E-state index contributed by atoms with van der Waals surface area (Å²) >= 11 is 0. The molecule has 3 rings (SSSR count). The Morgan fingerprint density at radius 3 is 2.50 bits per heavy atom. The molecule has 4 heteroatoms. The number of aromatic nitrogens is 2. The van der Waals surface area contributed by atoms with E-state index in [9.17, 15) is 5.11 Å². The van der Waals surface area contributed by atoms with E-state index >= 15 is 0 Å². The molecule has 0 amide bonds. The quantitative estimate of drug-likeness (QED) is 0.790. The van der Waals surface area contributed by atoms with Gasteiger partial charge in [-0.1, -0.05) is 18.2 Å². The minimum atomic E-state index is 0.184. The molecule has 100 valence electrons. The van der Waals surface area contributed by atoms with Crippen LogP contribution in [0.3, 0.4) is 0 Å². The number of benzene rings is 2. The normalized spacial score (nSPS) is 10.7. The molecule has 0 fully saturated rings. The Balaban J connectivity index is 1.85. The van der Waals surface area contributed by atoms with E-state index in [2.05, 4.69) is 9.97 Å². The third kappa shape index (κ3) is 2.54. The summed E-state index contributed by atoms with van der Waals surface area (Å²) in [6, 6.07) is 14.5. The maximum absolute atomic E-state index is 9.40. The lowest BCUT2D eigenvalue weighted by atomic mass is 10.2. The summed E-state index contributed by atoms with van der Waals surface area (Å²) in [7, 11) is 0. The predicted molar refractivity (Wildman–Crippen MR) is 76.7 cm³/mol. The molecule has 0 atom stereocenters. The van der Waals surface area contributed by atoms with E-state index in [1.54, 1.807) is 24.3 Å². The maximum Gasteiger partial charge on any atom is 0.132 e. The SMILES string of the molecule is Cc1nc2ccccc2nc1COc1cccc(O)c1. The number of para-hydroxylation sites is 2. The lowest BCUT2D eigenvalue weighted by Gasteiger charge is -2.09. The van der Waals surface area contributed by atoms with Crippen LogP contribution in [0.25, 0.3) is 11.0 Å². The maximum atomic E-state index is 9.40. The second-order valence-electron chi connectivity index (χ2n) is 4.53. The molecule has 1 heterocycles. The van der Waals surface area contributed by atoms with Crippen molar-refractivity contribution in [3.63, 3.8) is 0 Å². The average molecular weight is 266 g/mol. The van der Waals surface area contributed by atoms with Crippen LogP contribution in [0.5, 0.6) is 11.5 Å². The molecule has 1 aromatic heterocycles. The van der Waals surface area contributed by atoms with Crippen LogP contribution in [0, 0.1) is 6.92 Å². The number of phenolic OH excluding ortho intramolecular Hbond substituents is 1. The first-order valence-electron chi connectivity index (χ1n) is 6.36. The number of rotatable bonds is 3. The molecular formula is C16H14N2O2. The molecule has 20 heavy (non-hydrogen) atoms. The first-order valence-corrected chi connectivity index (χ1v) is 6.36. The number of nitrogens with zero attached hydrogens (tertiary/aromatic N) is 2. The van der Waals surface area contributed by atoms with Gasteiger partial charge in [0.25, 0.3) is 0 Å². The highest BCUT2D eigenvalue weighted by Gasteiger charge is 2.06. The van der Waals surface area contributed by atoms with E-state index < -0.39 is 0 Å². The van der Waals surface area contributed by atoms with E-state index in [1.807, 2.05) is 31.2 Å². The Kier molecular flexibility index (Phi) is 3.21. The third-order valence-corrected chi connectivity index (χ3v) is 3.04. The van der Waals surface area contributed by atoms with Gasteiger partial charge in [0.05, 0.1) is 22.4 Å². The van der Waals surface area contributed by atoms with Crippen LogP contribution in [0.4, 0.5) is 0 Å². The van der Waals surface area contributed by atoms with E-state index in [4.69, 9.17) is 4.74 Å². The summed E-state index contributed by atoms with van der Waals surface area (Å²) in [5, 5.41) is 9.40. The van der Waals surface area contributed by atoms with Crippen molar-refractivity contribution in [1.82, 2.24) is 9.97 Å². The summed E-state index contributed by atoms with van der Waals surface area (Å²) in [4.78, 5) is 9.08. The fourth-order valence-electron chi connectivity index (χ4n) is 1.99. The lowest BCUT2D eigenvalue weighted by Crippen LogP contribution is -2.03. The third-order valence-electron chi connectivity index (χ3n) is 3.04. The highest BCUT2D eigenvalue weighted by Crippen LogP contribution is 2.19. The Bertz CT molecular complexity index is 756. The van der Waals surface area contributed by atoms with Crippen molar-refractivity contribution >= 4 is 11.0 Å². The van der Waals surface area contributed by atoms with Gasteiger partial charge in [0.2, 0.25) is 0 Å². The first kappa shape index (κ1) is 12.4. The van der Waals surface area contributed by atoms with E-state index in [0.29, 0.717) is 12.4 Å². The van der Waals surface area contributed by atoms with Gasteiger partial charge in [0, 0.05) is 6.07 Å². The molecule has 0 bridgehead atoms. The van der Waals surface area contributed by atoms with Gasteiger partial charge in [-0.2, -0.15) is 0 Å². The number of ether oxygens (including phenoxy) is 1. The first-order chi connectivity index (χ1) is 9.72. The van der Waals surface area contributed by atoms with Crippen molar-refractivity contribution in [3.05, 3.63) is 59.9 Å². The Labute approximate surface area is 116 Å². The van der Waals surface area contributed by atoms with Crippen LogP contribution in [-0.4, -0.2) is 15.1 Å². The van der Waals surface area contributed by atoms with Crippen LogP contribution in [-0.2, 0) is 6.61 Å². The van der Waals surface area contributed by atoms with Gasteiger partial charge in [-0.05, 0) is 31.2 Å². The highest BCUT2D eigenvalue weighted by atomic mass is 16.5. The molecule has 0 saturated carbocycles. The minimum absolute atomic E-state index is 0.184. The topological polar surface area (TPSA) is 55.2 Å². The van der Waals surface area contributed by atoms with Crippen molar-refractivity contribution in [1.29, 1.82) is 0 Å². The summed E-state index contributed by atoms with van der Waals surface area (Å²) in [5.41, 5.74) is 3.38. The van der Waals surface area contributed by atoms with Crippen LogP contribution < -0.4 is 4.74 Å². The van der Waals surface area contributed by atoms with Crippen molar-refractivity contribution in [2.45, 2.75) is 13.5 Å². The molecule has 4 nitrogen and oxygen atoms in total. The van der Waals surface area contributed by atoms with Gasteiger partial charge in [-0.3, -0.25) is 0 Å². The van der Waals surface area contributed by atoms with E-state index in [0.717, 1.165) is 22.4 Å². The number of fused-ring (bicyclic) bond motifs is 1. The molecule has 1 N–H and O–H groups in total. The van der Waals surface area contributed by atoms with Crippen molar-refractivity contribution < 1.29 is 9.84 Å². The molecule has 0 aliphatic rings. The van der Waals surface area contributed by atoms with Gasteiger partial charge in [0.15, 0.2) is 0 Å². The highest BCUT2D eigenvalue weighted by molar-refractivity contribution is 5.74. The van der Waals surface area contributed by atoms with Crippen LogP contribution in [0.2, 0.25) is 0 Å². The summed E-state index contributed by atoms with van der Waals surface area (Å²) in [6.45, 7) is 2.24. The van der Waals surface area contributed by atoms with Gasteiger partial charge < -0.3 is 9.84 Å². The standard InChI is InChI=1S/C16H14N2O2/c1-11-16(10-20-13-6-4-5-12(19)9-13)18-15-8-3-2-7-14(15)17-11/h2-9,19H,10H2,1H3. The Hall–Kier alpha value is -2.62. The molecule has 0 spiro atoms. The zero-order valence-electron chi connectivity index (χ0n) is 11.1. The molecule has 3 aromatic rings. The van der Waals surface area contributed by atoms with E-state index in [-0.39, 0.29) is 5.75 Å². The largest absolute Gasteiger partial charge is 0.508 e. The molecule has 0 saturated heterocycles. The number of hydrogen-bond acceptors (Lipinski definition) is 4. The van der Waals surface area contributed by atoms with Crippen LogP contribution in [0.15, 0.2) is 48.5 Å². The molecule has 0 aliphatic carbocycles. The molecule has 0 radical (unpaired) electrons. The smallest absolute Gasteiger partial charge is 0.132 e. The van der Waals surface area contributed by atoms with Gasteiger partial charge in [-0.15, -0.1) is 0 Å². The predicted octanol–water partition coefficient (Wildman–Crippen LogP) is 3.22. The summed E-state index contributed by atoms with van der Waals surface area (Å²) in [5.74, 6) is 0.795. The number of hydrogen-bond donors (Lipinski definition) is 1. The number of aryl methyl sites for hydroxylation is 1. The van der Waals surface area contributed by atoms with Crippen LogP contribution >= 0.6 is 0 Å². The van der Waals surface area contributed by atoms with Crippen molar-refractivity contribution in [3.8, 4) is 11.5 Å². The Morgan fingerprint density at radius 1 is 1.00 bits per heavy atom. The summed E-state index contributed by atoms with van der Waals surface area (Å²) in [6.07, 6.45) is 0. The van der Waals surface area contributed by atoms with Crippen molar-refractivity contribution in [2.24, 2.45) is 0 Å². The minimum Gasteiger partial charge on any atom is -0.508 e. The van der Waals surface area contributed by atoms with Gasteiger partial charge >= 0.3 is 0 Å². The van der Waals surface area contributed by atoms with E-state index in [1.165, 1.54) is 0 Å². The fraction of sp³-hybridized carbons (Fsp3) is 0.125.